The molecule has 1 aliphatic rings. The van der Waals surface area contributed by atoms with Crippen LogP contribution in [0.5, 0.6) is 0 Å². The lowest BCUT2D eigenvalue weighted by Gasteiger charge is -2.47. The van der Waals surface area contributed by atoms with Gasteiger partial charge in [0, 0.05) is 54.3 Å². The van der Waals surface area contributed by atoms with Crippen molar-refractivity contribution >= 4 is 45.8 Å². The van der Waals surface area contributed by atoms with E-state index in [4.69, 9.17) is 40.4 Å². The third kappa shape index (κ3) is 9.08. The van der Waals surface area contributed by atoms with Crippen LogP contribution in [0.1, 0.15) is 50.2 Å². The fourth-order valence-electron chi connectivity index (χ4n) is 6.00. The zero-order valence-electron chi connectivity index (χ0n) is 24.5. The molecule has 1 saturated heterocycles. The van der Waals surface area contributed by atoms with Crippen LogP contribution in [-0.2, 0) is 17.6 Å². The van der Waals surface area contributed by atoms with Gasteiger partial charge in [-0.25, -0.2) is 0 Å². The molecule has 3 aromatic carbocycles. The molecule has 0 aliphatic carbocycles. The number of hydrogen-bond donors (Lipinski definition) is 3. The monoisotopic (exact) mass is 610 g/mol. The number of carbonyl (C=O) groups excluding carboxylic acids is 1. The average Bonchev–Trinajstić information content (AvgIpc) is 2.96. The van der Waals surface area contributed by atoms with Crippen LogP contribution >= 0.6 is 23.2 Å². The van der Waals surface area contributed by atoms with Crippen molar-refractivity contribution < 1.29 is 4.79 Å². The van der Waals surface area contributed by atoms with E-state index in [0.29, 0.717) is 42.5 Å². The third-order valence-electron chi connectivity index (χ3n) is 8.15. The van der Waals surface area contributed by atoms with Crippen LogP contribution in [0.4, 0.5) is 0 Å². The van der Waals surface area contributed by atoms with Crippen LogP contribution in [-0.4, -0.2) is 66.0 Å². The first kappa shape index (κ1) is 32.1. The van der Waals surface area contributed by atoms with Gasteiger partial charge < -0.3 is 22.1 Å². The largest absolute Gasteiger partial charge is 0.370 e. The van der Waals surface area contributed by atoms with Gasteiger partial charge in [-0.05, 0) is 59.7 Å². The van der Waals surface area contributed by atoms with Crippen molar-refractivity contribution in [2.45, 2.75) is 70.0 Å². The number of fused-ring (bicyclic) bond motifs is 1. The summed E-state index contributed by atoms with van der Waals surface area (Å²) in [6.07, 6.45) is 5.85. The molecule has 0 unspecified atom stereocenters. The summed E-state index contributed by atoms with van der Waals surface area (Å²) >= 11 is 12.6. The first-order chi connectivity index (χ1) is 20.2. The minimum atomic E-state index is -0.115. The summed E-state index contributed by atoms with van der Waals surface area (Å²) in [5, 5.41) is 3.58. The average molecular weight is 612 g/mol. The second kappa shape index (κ2) is 15.6. The maximum Gasteiger partial charge on any atom is 0.227 e. The molecular formula is C33H44Cl2N6O. The predicted octanol–water partition coefficient (Wildman–Crippen LogP) is 5.38. The molecule has 4 rings (SSSR count). The number of aliphatic imine (C=N–C) groups is 1. The highest BCUT2D eigenvalue weighted by molar-refractivity contribution is 6.35. The first-order valence-electron chi connectivity index (χ1n) is 15.0. The maximum atomic E-state index is 13.9. The molecule has 1 heterocycles. The van der Waals surface area contributed by atoms with Gasteiger partial charge >= 0.3 is 0 Å². The number of carbonyl (C=O) groups is 1. The molecule has 3 aromatic rings. The van der Waals surface area contributed by atoms with E-state index in [-0.39, 0.29) is 30.0 Å². The van der Waals surface area contributed by atoms with E-state index in [1.54, 1.807) is 6.07 Å². The zero-order chi connectivity index (χ0) is 30.1. The van der Waals surface area contributed by atoms with Gasteiger partial charge in [0.15, 0.2) is 5.96 Å². The molecule has 42 heavy (non-hydrogen) atoms. The van der Waals surface area contributed by atoms with Crippen molar-refractivity contribution in [3.8, 4) is 0 Å². The number of piperazine rings is 1. The van der Waals surface area contributed by atoms with Gasteiger partial charge in [-0.3, -0.25) is 14.7 Å². The molecule has 1 fully saturated rings. The molecular weight excluding hydrogens is 567 g/mol. The smallest absolute Gasteiger partial charge is 0.227 e. The van der Waals surface area contributed by atoms with Gasteiger partial charge in [0.05, 0.1) is 6.42 Å². The summed E-state index contributed by atoms with van der Waals surface area (Å²) in [7, 11) is 0. The van der Waals surface area contributed by atoms with Gasteiger partial charge in [0.2, 0.25) is 5.91 Å². The normalized spacial score (nSPS) is 18.2. The first-order valence-corrected chi connectivity index (χ1v) is 15.7. The van der Waals surface area contributed by atoms with Crippen molar-refractivity contribution in [1.29, 1.82) is 0 Å². The molecule has 1 amide bonds. The Morgan fingerprint density at radius 1 is 0.976 bits per heavy atom. The molecule has 0 bridgehead atoms. The maximum absolute atomic E-state index is 13.9. The van der Waals surface area contributed by atoms with E-state index < -0.39 is 0 Å². The molecule has 9 heteroatoms. The molecule has 0 aromatic heterocycles. The molecule has 226 valence electrons. The van der Waals surface area contributed by atoms with E-state index in [9.17, 15) is 4.79 Å². The summed E-state index contributed by atoms with van der Waals surface area (Å²) < 4.78 is 0. The molecule has 0 radical (unpaired) electrons. The van der Waals surface area contributed by atoms with E-state index in [1.165, 1.54) is 5.39 Å². The number of nitrogens with zero attached hydrogens (tertiary/aromatic N) is 3. The standard InChI is InChI=1S/C33H44Cl2N6O/c1-2-3-9-30-21-40(20-28(36)18-26-13-14-27(34)19-31(26)35)29(10-6-15-39-33(37)38)22-41(30)32(42)17-23-11-12-24-7-4-5-8-25(24)16-23/h4-5,7-8,11-14,16,19,28-30H,2-3,6,9-10,15,17-18,20-22,36H2,1H3,(H4,37,38,39)/t28-,29-,30+/m0/s1. The number of rotatable bonds is 13. The molecule has 1 aliphatic heterocycles. The second-order valence-corrected chi connectivity index (χ2v) is 12.3. The highest BCUT2D eigenvalue weighted by Crippen LogP contribution is 2.26. The molecule has 0 spiro atoms. The highest BCUT2D eigenvalue weighted by Gasteiger charge is 2.36. The van der Waals surface area contributed by atoms with Crippen LogP contribution < -0.4 is 17.2 Å². The summed E-state index contributed by atoms with van der Waals surface area (Å²) in [6, 6.07) is 20.3. The van der Waals surface area contributed by atoms with E-state index in [2.05, 4.69) is 52.0 Å². The van der Waals surface area contributed by atoms with Crippen LogP contribution in [0.25, 0.3) is 10.8 Å². The lowest BCUT2D eigenvalue weighted by molar-refractivity contribution is -0.137. The summed E-state index contributed by atoms with van der Waals surface area (Å²) in [5.74, 6) is 0.279. The Morgan fingerprint density at radius 2 is 1.74 bits per heavy atom. The lowest BCUT2D eigenvalue weighted by atomic mass is 9.96. The Hall–Kier alpha value is -2.84. The van der Waals surface area contributed by atoms with E-state index in [1.807, 2.05) is 24.3 Å². The van der Waals surface area contributed by atoms with Crippen molar-refractivity contribution in [1.82, 2.24) is 9.80 Å². The summed E-state index contributed by atoms with van der Waals surface area (Å²) in [5.41, 5.74) is 19.9. The van der Waals surface area contributed by atoms with Crippen molar-refractivity contribution in [3.05, 3.63) is 81.8 Å². The predicted molar refractivity (Wildman–Crippen MR) is 176 cm³/mol. The number of hydrogen-bond acceptors (Lipinski definition) is 4. The van der Waals surface area contributed by atoms with E-state index in [0.717, 1.165) is 55.2 Å². The molecule has 0 saturated carbocycles. The molecule has 3 atom stereocenters. The van der Waals surface area contributed by atoms with Crippen LogP contribution in [0.15, 0.2) is 65.7 Å². The quantitative estimate of drug-likeness (QED) is 0.136. The summed E-state index contributed by atoms with van der Waals surface area (Å²) in [6.45, 7) is 4.92. The Balaban J connectivity index is 1.51. The van der Waals surface area contributed by atoms with Crippen LogP contribution in [0.2, 0.25) is 10.0 Å². The van der Waals surface area contributed by atoms with Gasteiger partial charge in [-0.15, -0.1) is 0 Å². The number of benzene rings is 3. The lowest BCUT2D eigenvalue weighted by Crippen LogP contribution is -2.61. The van der Waals surface area contributed by atoms with Gasteiger partial charge in [-0.1, -0.05) is 91.5 Å². The zero-order valence-corrected chi connectivity index (χ0v) is 26.0. The Kier molecular flexibility index (Phi) is 11.9. The second-order valence-electron chi connectivity index (χ2n) is 11.5. The SMILES string of the molecule is CCCC[C@@H]1CN(C[C@@H](N)Cc2ccc(Cl)cc2Cl)[C@@H](CCCN=C(N)N)CN1C(=O)Cc1ccc2ccccc2c1. The summed E-state index contributed by atoms with van der Waals surface area (Å²) in [4.78, 5) is 22.7. The fourth-order valence-corrected chi connectivity index (χ4v) is 6.48. The topological polar surface area (TPSA) is 114 Å². The minimum Gasteiger partial charge on any atom is -0.370 e. The molecule has 7 nitrogen and oxygen atoms in total. The van der Waals surface area contributed by atoms with Crippen molar-refractivity contribution in [2.75, 3.05) is 26.2 Å². The fraction of sp³-hybridized carbons (Fsp3) is 0.455. The Labute approximate surface area is 260 Å². The van der Waals surface area contributed by atoms with Crippen molar-refractivity contribution in [3.63, 3.8) is 0 Å². The van der Waals surface area contributed by atoms with Gasteiger partial charge in [-0.2, -0.15) is 0 Å². The number of unbranched alkanes of at least 4 members (excludes halogenated alkanes) is 1. The minimum absolute atomic E-state index is 0.101. The van der Waals surface area contributed by atoms with Crippen LogP contribution in [0, 0.1) is 0 Å². The Morgan fingerprint density at radius 3 is 2.48 bits per heavy atom. The van der Waals surface area contributed by atoms with E-state index >= 15 is 0 Å². The van der Waals surface area contributed by atoms with Crippen molar-refractivity contribution in [2.24, 2.45) is 22.2 Å². The number of guanidine groups is 1. The number of nitrogens with two attached hydrogens (primary N) is 3. The number of amides is 1. The molecule has 6 N–H and O–H groups in total. The highest BCUT2D eigenvalue weighted by atomic mass is 35.5. The van der Waals surface area contributed by atoms with Gasteiger partial charge in [0.25, 0.3) is 0 Å². The third-order valence-corrected chi connectivity index (χ3v) is 8.73. The van der Waals surface area contributed by atoms with Crippen LogP contribution in [0.3, 0.4) is 0 Å². The van der Waals surface area contributed by atoms with Gasteiger partial charge in [0.1, 0.15) is 0 Å². The Bertz CT molecular complexity index is 1360. The number of halogens is 2.